The van der Waals surface area contributed by atoms with Crippen molar-refractivity contribution in [1.82, 2.24) is 4.90 Å². The molecule has 1 unspecified atom stereocenters. The first kappa shape index (κ1) is 17.0. The molecule has 0 aromatic rings. The third-order valence-electron chi connectivity index (χ3n) is 4.49. The molecule has 0 bridgehead atoms. The van der Waals surface area contributed by atoms with E-state index in [1.54, 1.807) is 0 Å². The number of unbranched alkanes of at least 4 members (excludes halogenated alkanes) is 7. The first-order valence-corrected chi connectivity index (χ1v) is 8.77. The quantitative estimate of drug-likeness (QED) is 0.534. The van der Waals surface area contributed by atoms with E-state index in [0.717, 1.165) is 19.1 Å². The van der Waals surface area contributed by atoms with Crippen LogP contribution in [0.4, 0.5) is 0 Å². The van der Waals surface area contributed by atoms with E-state index >= 15 is 0 Å². The van der Waals surface area contributed by atoms with Crippen LogP contribution in [0.25, 0.3) is 0 Å². The molecule has 0 spiro atoms. The normalized spacial score (nSPS) is 18.5. The number of rotatable bonds is 12. The van der Waals surface area contributed by atoms with Crippen LogP contribution in [0.1, 0.15) is 84.5 Å². The lowest BCUT2D eigenvalue weighted by atomic mass is 9.95. The fourth-order valence-corrected chi connectivity index (χ4v) is 3.15. The van der Waals surface area contributed by atoms with Crippen LogP contribution in [-0.4, -0.2) is 30.1 Å². The van der Waals surface area contributed by atoms with Gasteiger partial charge in [0.1, 0.15) is 0 Å². The summed E-state index contributed by atoms with van der Waals surface area (Å²) in [5, 5.41) is 0. The largest absolute Gasteiger partial charge is 0.325 e. The minimum absolute atomic E-state index is 0.457. The maximum absolute atomic E-state index is 5.94. The summed E-state index contributed by atoms with van der Waals surface area (Å²) in [7, 11) is 0. The van der Waals surface area contributed by atoms with Crippen LogP contribution in [0.15, 0.2) is 0 Å². The molecule has 1 aliphatic rings. The summed E-state index contributed by atoms with van der Waals surface area (Å²) in [5.74, 6) is 0. The van der Waals surface area contributed by atoms with E-state index in [1.807, 2.05) is 0 Å². The van der Waals surface area contributed by atoms with Crippen LogP contribution in [0.3, 0.4) is 0 Å². The van der Waals surface area contributed by atoms with Crippen molar-refractivity contribution < 1.29 is 0 Å². The van der Waals surface area contributed by atoms with E-state index in [9.17, 15) is 0 Å². The molecule has 1 saturated heterocycles. The summed E-state index contributed by atoms with van der Waals surface area (Å²) in [6.07, 6.45) is 15.4. The Morgan fingerprint density at radius 3 is 1.79 bits per heavy atom. The SMILES string of the molecule is CCCCCCCC(CCCCCC)N1CC(N)C1. The topological polar surface area (TPSA) is 29.3 Å². The minimum Gasteiger partial charge on any atom is -0.325 e. The molecule has 19 heavy (non-hydrogen) atoms. The van der Waals surface area contributed by atoms with Crippen LogP contribution in [0, 0.1) is 0 Å². The van der Waals surface area contributed by atoms with Crippen molar-refractivity contribution in [2.75, 3.05) is 13.1 Å². The van der Waals surface area contributed by atoms with Gasteiger partial charge < -0.3 is 5.73 Å². The summed E-state index contributed by atoms with van der Waals surface area (Å²) >= 11 is 0. The molecule has 2 nitrogen and oxygen atoms in total. The second-order valence-electron chi connectivity index (χ2n) is 6.42. The summed E-state index contributed by atoms with van der Waals surface area (Å²) in [6.45, 7) is 6.87. The average molecular weight is 268 g/mol. The molecule has 0 radical (unpaired) electrons. The molecule has 1 fully saturated rings. The lowest BCUT2D eigenvalue weighted by Gasteiger charge is -2.43. The zero-order chi connectivity index (χ0) is 13.9. The maximum Gasteiger partial charge on any atom is 0.0297 e. The Kier molecular flexibility index (Phi) is 9.54. The predicted octanol–water partition coefficient (Wildman–Crippen LogP) is 4.33. The summed E-state index contributed by atoms with van der Waals surface area (Å²) in [4.78, 5) is 2.64. The predicted molar refractivity (Wildman–Crippen MR) is 85.5 cm³/mol. The molecular weight excluding hydrogens is 232 g/mol. The number of nitrogens with zero attached hydrogens (tertiary/aromatic N) is 1. The van der Waals surface area contributed by atoms with E-state index in [2.05, 4.69) is 18.7 Å². The standard InChI is InChI=1S/C17H36N2/c1-3-5-7-9-11-13-17(12-10-8-6-4-2)19-14-16(18)15-19/h16-17H,3-15,18H2,1-2H3. The van der Waals surface area contributed by atoms with Gasteiger partial charge in [-0.05, 0) is 12.8 Å². The summed E-state index contributed by atoms with van der Waals surface area (Å²) < 4.78 is 0. The zero-order valence-electron chi connectivity index (χ0n) is 13.4. The molecule has 1 atom stereocenters. The van der Waals surface area contributed by atoms with Gasteiger partial charge in [0.25, 0.3) is 0 Å². The number of likely N-dealkylation sites (tertiary alicyclic amines) is 1. The van der Waals surface area contributed by atoms with Crippen molar-refractivity contribution in [2.45, 2.75) is 96.6 Å². The molecule has 0 aliphatic carbocycles. The van der Waals surface area contributed by atoms with E-state index in [4.69, 9.17) is 5.73 Å². The van der Waals surface area contributed by atoms with Crippen LogP contribution >= 0.6 is 0 Å². The first-order chi connectivity index (χ1) is 9.27. The summed E-state index contributed by atoms with van der Waals surface area (Å²) in [6, 6.07) is 1.29. The molecule has 1 aliphatic heterocycles. The smallest absolute Gasteiger partial charge is 0.0297 e. The van der Waals surface area contributed by atoms with Crippen LogP contribution in [-0.2, 0) is 0 Å². The van der Waals surface area contributed by atoms with Crippen molar-refractivity contribution in [3.05, 3.63) is 0 Å². The van der Waals surface area contributed by atoms with Gasteiger partial charge in [0.15, 0.2) is 0 Å². The van der Waals surface area contributed by atoms with Crippen LogP contribution < -0.4 is 5.73 Å². The van der Waals surface area contributed by atoms with Gasteiger partial charge in [-0.15, -0.1) is 0 Å². The highest BCUT2D eigenvalue weighted by Crippen LogP contribution is 2.22. The molecule has 2 heteroatoms. The summed E-state index contributed by atoms with van der Waals surface area (Å²) in [5.41, 5.74) is 5.94. The van der Waals surface area contributed by atoms with Gasteiger partial charge in [-0.25, -0.2) is 0 Å². The van der Waals surface area contributed by atoms with E-state index < -0.39 is 0 Å². The van der Waals surface area contributed by atoms with E-state index in [0.29, 0.717) is 6.04 Å². The van der Waals surface area contributed by atoms with Gasteiger partial charge in [0.2, 0.25) is 0 Å². The number of nitrogens with two attached hydrogens (primary N) is 1. The Morgan fingerprint density at radius 1 is 0.842 bits per heavy atom. The molecule has 0 saturated carbocycles. The first-order valence-electron chi connectivity index (χ1n) is 8.77. The van der Waals surface area contributed by atoms with Crippen LogP contribution in [0.2, 0.25) is 0 Å². The van der Waals surface area contributed by atoms with Gasteiger partial charge in [-0.1, -0.05) is 71.6 Å². The van der Waals surface area contributed by atoms with Gasteiger partial charge in [0.05, 0.1) is 0 Å². The van der Waals surface area contributed by atoms with Crippen molar-refractivity contribution >= 4 is 0 Å². The Morgan fingerprint density at radius 2 is 1.32 bits per heavy atom. The Balaban J connectivity index is 2.13. The van der Waals surface area contributed by atoms with Gasteiger partial charge >= 0.3 is 0 Å². The molecule has 1 rings (SSSR count). The minimum atomic E-state index is 0.457. The van der Waals surface area contributed by atoms with Crippen molar-refractivity contribution in [3.63, 3.8) is 0 Å². The van der Waals surface area contributed by atoms with Crippen LogP contribution in [0.5, 0.6) is 0 Å². The fraction of sp³-hybridized carbons (Fsp3) is 1.00. The van der Waals surface area contributed by atoms with Gasteiger partial charge in [-0.3, -0.25) is 4.90 Å². The lowest BCUT2D eigenvalue weighted by molar-refractivity contribution is 0.0800. The third kappa shape index (κ3) is 7.31. The Labute approximate surface area is 121 Å². The molecule has 114 valence electrons. The van der Waals surface area contributed by atoms with E-state index in [1.165, 1.54) is 70.6 Å². The van der Waals surface area contributed by atoms with Gasteiger partial charge in [0, 0.05) is 25.2 Å². The fourth-order valence-electron chi connectivity index (χ4n) is 3.15. The zero-order valence-corrected chi connectivity index (χ0v) is 13.4. The monoisotopic (exact) mass is 268 g/mol. The molecule has 0 amide bonds. The highest BCUT2D eigenvalue weighted by Gasteiger charge is 2.28. The average Bonchev–Trinajstić information content (AvgIpc) is 2.38. The highest BCUT2D eigenvalue weighted by atomic mass is 15.2. The molecule has 0 aromatic carbocycles. The van der Waals surface area contributed by atoms with E-state index in [-0.39, 0.29) is 0 Å². The molecule has 2 N–H and O–H groups in total. The second kappa shape index (κ2) is 10.7. The van der Waals surface area contributed by atoms with Crippen molar-refractivity contribution in [3.8, 4) is 0 Å². The highest BCUT2D eigenvalue weighted by molar-refractivity contribution is 4.87. The Hall–Kier alpha value is -0.0800. The lowest BCUT2D eigenvalue weighted by Crippen LogP contribution is -2.59. The van der Waals surface area contributed by atoms with Crippen molar-refractivity contribution in [1.29, 1.82) is 0 Å². The molecule has 0 aromatic heterocycles. The molecular formula is C17H36N2. The maximum atomic E-state index is 5.94. The van der Waals surface area contributed by atoms with Crippen molar-refractivity contribution in [2.24, 2.45) is 5.73 Å². The third-order valence-corrected chi connectivity index (χ3v) is 4.49. The molecule has 1 heterocycles. The number of hydrogen-bond donors (Lipinski definition) is 1. The Bertz CT molecular complexity index is 199. The number of hydrogen-bond acceptors (Lipinski definition) is 2. The van der Waals surface area contributed by atoms with Gasteiger partial charge in [-0.2, -0.15) is 0 Å². The second-order valence-corrected chi connectivity index (χ2v) is 6.42.